The summed E-state index contributed by atoms with van der Waals surface area (Å²) in [5, 5.41) is 14.4. The fourth-order valence-electron chi connectivity index (χ4n) is 3.68. The molecule has 3 rings (SSSR count). The number of esters is 1. The molecule has 0 fully saturated rings. The maximum atomic E-state index is 12.9. The first-order valence-corrected chi connectivity index (χ1v) is 10.6. The van der Waals surface area contributed by atoms with Crippen molar-refractivity contribution in [3.63, 3.8) is 0 Å². The zero-order chi connectivity index (χ0) is 26.1. The molecule has 1 aromatic heterocycles. The first kappa shape index (κ1) is 25.7. The summed E-state index contributed by atoms with van der Waals surface area (Å²) >= 11 is 0. The number of ether oxygens (including phenoxy) is 1. The fraction of sp³-hybridized carbons (Fsp3) is 0.333. The van der Waals surface area contributed by atoms with Crippen molar-refractivity contribution < 1.29 is 32.0 Å². The Bertz CT molecular complexity index is 1350. The molecule has 35 heavy (non-hydrogen) atoms. The van der Waals surface area contributed by atoms with Gasteiger partial charge in [0.15, 0.2) is 0 Å². The number of nitro benzene ring substituents is 1. The van der Waals surface area contributed by atoms with Crippen LogP contribution in [0.3, 0.4) is 0 Å². The molecular weight excluding hydrogens is 469 g/mol. The Labute approximate surface area is 197 Å². The minimum Gasteiger partial charge on any atom is -0.459 e. The van der Waals surface area contributed by atoms with Crippen LogP contribution in [0.2, 0.25) is 0 Å². The number of rotatable bonds is 7. The van der Waals surface area contributed by atoms with Crippen LogP contribution in [0.4, 0.5) is 24.5 Å². The van der Waals surface area contributed by atoms with Gasteiger partial charge in [-0.1, -0.05) is 13.8 Å². The van der Waals surface area contributed by atoms with Crippen LogP contribution < -0.4 is 10.9 Å². The van der Waals surface area contributed by atoms with Crippen LogP contribution in [0.25, 0.3) is 11.0 Å². The number of nitrogens with one attached hydrogen (secondary N) is 1. The number of anilines is 1. The van der Waals surface area contributed by atoms with E-state index >= 15 is 0 Å². The number of fused-ring (bicyclic) bond motifs is 1. The van der Waals surface area contributed by atoms with Gasteiger partial charge in [-0.3, -0.25) is 10.1 Å². The summed E-state index contributed by atoms with van der Waals surface area (Å²) in [6.45, 7) is 7.00. The normalized spacial score (nSPS) is 12.6. The highest BCUT2D eigenvalue weighted by atomic mass is 19.4. The number of carbonyl (C=O) groups is 1. The van der Waals surface area contributed by atoms with Gasteiger partial charge in [-0.05, 0) is 55.2 Å². The molecule has 0 saturated carbocycles. The Hall–Kier alpha value is -3.89. The summed E-state index contributed by atoms with van der Waals surface area (Å²) < 4.78 is 49.3. The van der Waals surface area contributed by atoms with Crippen LogP contribution in [0.5, 0.6) is 0 Å². The quantitative estimate of drug-likeness (QED) is 0.195. The Morgan fingerprint density at radius 1 is 1.17 bits per heavy atom. The lowest BCUT2D eigenvalue weighted by atomic mass is 9.95. The smallest absolute Gasteiger partial charge is 0.416 e. The monoisotopic (exact) mass is 492 g/mol. The third-order valence-electron chi connectivity index (χ3n) is 5.46. The number of benzene rings is 2. The highest BCUT2D eigenvalue weighted by Gasteiger charge is 2.33. The summed E-state index contributed by atoms with van der Waals surface area (Å²) in [6, 6.07) is 5.65. The number of hydrogen-bond donors (Lipinski definition) is 1. The summed E-state index contributed by atoms with van der Waals surface area (Å²) in [7, 11) is 0. The summed E-state index contributed by atoms with van der Waals surface area (Å²) in [4.78, 5) is 34.8. The van der Waals surface area contributed by atoms with Crippen molar-refractivity contribution in [3.8, 4) is 0 Å². The van der Waals surface area contributed by atoms with Gasteiger partial charge in [-0.25, -0.2) is 9.59 Å². The molecule has 1 unspecified atom stereocenters. The molecule has 1 atom stereocenters. The van der Waals surface area contributed by atoms with Crippen LogP contribution in [0.15, 0.2) is 45.6 Å². The van der Waals surface area contributed by atoms with Gasteiger partial charge >= 0.3 is 17.8 Å². The van der Waals surface area contributed by atoms with E-state index in [1.807, 2.05) is 26.8 Å². The molecule has 1 heterocycles. The van der Waals surface area contributed by atoms with Crippen LogP contribution in [-0.4, -0.2) is 16.9 Å². The lowest BCUT2D eigenvalue weighted by Crippen LogP contribution is -2.28. The standard InChI is InChI=1S/C24H23F3N2O6/c1-12(2)17-10-18-15(8-22(30)35-21(18)7-13(17)3)11-34-23(31)14(4)28-19-6-5-16(24(25,26)27)9-20(19)29(32)33/h5-10,12,14,28H,11H2,1-4H3. The minimum atomic E-state index is -4.76. The molecule has 0 radical (unpaired) electrons. The lowest BCUT2D eigenvalue weighted by molar-refractivity contribution is -0.384. The van der Waals surface area contributed by atoms with Crippen molar-refractivity contribution in [1.82, 2.24) is 0 Å². The summed E-state index contributed by atoms with van der Waals surface area (Å²) in [6.07, 6.45) is -4.76. The predicted molar refractivity (Wildman–Crippen MR) is 122 cm³/mol. The fourth-order valence-corrected chi connectivity index (χ4v) is 3.68. The SMILES string of the molecule is Cc1cc2oc(=O)cc(COC(=O)C(C)Nc3ccc(C(F)(F)F)cc3[N+](=O)[O-])c2cc1C(C)C. The molecule has 186 valence electrons. The highest BCUT2D eigenvalue weighted by Crippen LogP contribution is 2.35. The molecule has 3 aromatic rings. The molecule has 0 aliphatic rings. The number of aryl methyl sites for hydroxylation is 1. The van der Waals surface area contributed by atoms with Gasteiger partial charge in [-0.15, -0.1) is 0 Å². The lowest BCUT2D eigenvalue weighted by Gasteiger charge is -2.16. The molecule has 2 aromatic carbocycles. The van der Waals surface area contributed by atoms with Crippen molar-refractivity contribution in [3.05, 3.63) is 79.2 Å². The minimum absolute atomic E-state index is 0.200. The van der Waals surface area contributed by atoms with Crippen LogP contribution in [0.1, 0.15) is 48.9 Å². The maximum absolute atomic E-state index is 12.9. The third-order valence-corrected chi connectivity index (χ3v) is 5.46. The molecule has 11 heteroatoms. The van der Waals surface area contributed by atoms with Gasteiger partial charge in [0.25, 0.3) is 5.69 Å². The van der Waals surface area contributed by atoms with Gasteiger partial charge < -0.3 is 14.5 Å². The van der Waals surface area contributed by atoms with Crippen molar-refractivity contribution in [2.24, 2.45) is 0 Å². The van der Waals surface area contributed by atoms with Crippen molar-refractivity contribution >= 4 is 28.3 Å². The van der Waals surface area contributed by atoms with E-state index < -0.39 is 40.0 Å². The Kier molecular flexibility index (Phi) is 7.18. The molecule has 0 aliphatic heterocycles. The second-order valence-corrected chi connectivity index (χ2v) is 8.41. The number of halogens is 3. The van der Waals surface area contributed by atoms with Crippen molar-refractivity contribution in [2.45, 2.75) is 52.4 Å². The zero-order valence-electron chi connectivity index (χ0n) is 19.4. The van der Waals surface area contributed by atoms with E-state index in [0.29, 0.717) is 28.7 Å². The molecule has 0 spiro atoms. The van der Waals surface area contributed by atoms with Crippen molar-refractivity contribution in [2.75, 3.05) is 5.32 Å². The Morgan fingerprint density at radius 3 is 2.46 bits per heavy atom. The first-order valence-electron chi connectivity index (χ1n) is 10.6. The average Bonchev–Trinajstić information content (AvgIpc) is 2.75. The van der Waals surface area contributed by atoms with Crippen LogP contribution in [-0.2, 0) is 22.3 Å². The molecule has 0 aliphatic carbocycles. The summed E-state index contributed by atoms with van der Waals surface area (Å²) in [5.74, 6) is -0.623. The number of nitro groups is 1. The van der Waals surface area contributed by atoms with E-state index in [9.17, 15) is 32.9 Å². The van der Waals surface area contributed by atoms with Crippen molar-refractivity contribution in [1.29, 1.82) is 0 Å². The van der Waals surface area contributed by atoms with Gasteiger partial charge in [0.05, 0.1) is 10.5 Å². The molecule has 0 bridgehead atoms. The van der Waals surface area contributed by atoms with E-state index in [4.69, 9.17) is 9.15 Å². The zero-order valence-corrected chi connectivity index (χ0v) is 19.4. The van der Waals surface area contributed by atoms with Crippen LogP contribution >= 0.6 is 0 Å². The molecule has 0 saturated heterocycles. The number of carbonyl (C=O) groups excluding carboxylic acids is 1. The molecule has 1 N–H and O–H groups in total. The van der Waals surface area contributed by atoms with Gasteiger partial charge in [0.1, 0.15) is 23.9 Å². The Balaban J connectivity index is 1.81. The van der Waals surface area contributed by atoms with E-state index in [2.05, 4.69) is 5.32 Å². The maximum Gasteiger partial charge on any atom is 0.416 e. The number of hydrogen-bond acceptors (Lipinski definition) is 7. The second-order valence-electron chi connectivity index (χ2n) is 8.41. The number of alkyl halides is 3. The third kappa shape index (κ3) is 5.79. The van der Waals surface area contributed by atoms with E-state index in [1.165, 1.54) is 13.0 Å². The number of nitrogens with zero attached hydrogens (tertiary/aromatic N) is 1. The van der Waals surface area contributed by atoms with Gasteiger partial charge in [-0.2, -0.15) is 13.2 Å². The largest absolute Gasteiger partial charge is 0.459 e. The molecular formula is C24H23F3N2O6. The molecule has 8 nitrogen and oxygen atoms in total. The van der Waals surface area contributed by atoms with Gasteiger partial charge in [0, 0.05) is 23.1 Å². The summed E-state index contributed by atoms with van der Waals surface area (Å²) in [5.41, 5.74) is -0.166. The average molecular weight is 492 g/mol. The van der Waals surface area contributed by atoms with E-state index in [-0.39, 0.29) is 18.2 Å². The highest BCUT2D eigenvalue weighted by molar-refractivity contribution is 5.83. The van der Waals surface area contributed by atoms with Gasteiger partial charge in [0.2, 0.25) is 0 Å². The molecule has 0 amide bonds. The topological polar surface area (TPSA) is 112 Å². The predicted octanol–water partition coefficient (Wildman–Crippen LogP) is 5.70. The van der Waals surface area contributed by atoms with E-state index in [0.717, 1.165) is 17.2 Å². The van der Waals surface area contributed by atoms with Crippen LogP contribution in [0, 0.1) is 17.0 Å². The van der Waals surface area contributed by atoms with E-state index in [1.54, 1.807) is 6.07 Å². The Morgan fingerprint density at radius 2 is 1.86 bits per heavy atom. The first-order chi connectivity index (χ1) is 16.3. The second kappa shape index (κ2) is 9.77.